The molecule has 5 heteroatoms. The van der Waals surface area contributed by atoms with Crippen molar-refractivity contribution < 1.29 is 13.9 Å². The number of pyridine rings is 1. The minimum Gasteiger partial charge on any atom is -0.488 e. The van der Waals surface area contributed by atoms with Crippen molar-refractivity contribution in [2.45, 2.75) is 24.9 Å². The minimum atomic E-state index is -0.238. The number of hydrogen-bond donors (Lipinski definition) is 0. The second kappa shape index (κ2) is 6.23. The summed E-state index contributed by atoms with van der Waals surface area (Å²) < 4.78 is 18.9. The molecule has 0 N–H and O–H groups in total. The van der Waals surface area contributed by atoms with Gasteiger partial charge in [0.15, 0.2) is 0 Å². The zero-order chi connectivity index (χ0) is 16.5. The molecule has 2 heterocycles. The van der Waals surface area contributed by atoms with Gasteiger partial charge < -0.3 is 9.64 Å². The molecular weight excluding hydrogens is 307 g/mol. The highest BCUT2D eigenvalue weighted by atomic mass is 19.1. The third-order valence-electron chi connectivity index (χ3n) is 4.81. The molecular formula is C19H19FN2O2. The molecule has 0 unspecified atom stereocenters. The molecule has 1 aromatic carbocycles. The Morgan fingerprint density at radius 2 is 1.92 bits per heavy atom. The summed E-state index contributed by atoms with van der Waals surface area (Å²) in [7, 11) is 0. The van der Waals surface area contributed by atoms with E-state index in [1.54, 1.807) is 24.5 Å². The van der Waals surface area contributed by atoms with Crippen LogP contribution in [-0.2, 0) is 4.79 Å². The fourth-order valence-corrected chi connectivity index (χ4v) is 3.41. The largest absolute Gasteiger partial charge is 0.488 e. The molecule has 0 spiro atoms. The lowest BCUT2D eigenvalue weighted by Crippen LogP contribution is -2.32. The molecule has 1 aliphatic heterocycles. The van der Waals surface area contributed by atoms with E-state index < -0.39 is 0 Å². The maximum atomic E-state index is 13.0. The number of halogens is 1. The fraction of sp³-hybridized carbons (Fsp3) is 0.368. The van der Waals surface area contributed by atoms with Crippen molar-refractivity contribution in [3.05, 3.63) is 60.2 Å². The Kier molecular flexibility index (Phi) is 3.92. The summed E-state index contributed by atoms with van der Waals surface area (Å²) in [5, 5.41) is 0. The van der Waals surface area contributed by atoms with Gasteiger partial charge in [-0.05, 0) is 42.2 Å². The van der Waals surface area contributed by atoms with Gasteiger partial charge in [0.2, 0.25) is 5.91 Å². The van der Waals surface area contributed by atoms with Crippen LogP contribution in [0.1, 0.15) is 24.3 Å². The van der Waals surface area contributed by atoms with E-state index in [-0.39, 0.29) is 29.7 Å². The number of benzene rings is 1. The smallest absolute Gasteiger partial charge is 0.226 e. The van der Waals surface area contributed by atoms with Gasteiger partial charge in [0.05, 0.1) is 6.54 Å². The normalized spacial score (nSPS) is 25.5. The van der Waals surface area contributed by atoms with Crippen LogP contribution in [0.2, 0.25) is 0 Å². The summed E-state index contributed by atoms with van der Waals surface area (Å²) in [5.74, 6) is 1.02. The molecule has 2 aromatic rings. The van der Waals surface area contributed by atoms with Crippen LogP contribution in [0, 0.1) is 11.7 Å². The Hall–Kier alpha value is -2.43. The molecule has 24 heavy (non-hydrogen) atoms. The Bertz CT molecular complexity index is 720. The van der Waals surface area contributed by atoms with Crippen molar-refractivity contribution in [2.24, 2.45) is 5.92 Å². The van der Waals surface area contributed by atoms with Crippen molar-refractivity contribution in [2.75, 3.05) is 13.1 Å². The van der Waals surface area contributed by atoms with Gasteiger partial charge in [-0.3, -0.25) is 9.78 Å². The van der Waals surface area contributed by atoms with Crippen LogP contribution in [0.4, 0.5) is 4.39 Å². The van der Waals surface area contributed by atoms with Gasteiger partial charge in [0, 0.05) is 31.3 Å². The van der Waals surface area contributed by atoms with E-state index in [2.05, 4.69) is 4.98 Å². The Labute approximate surface area is 140 Å². The zero-order valence-electron chi connectivity index (χ0n) is 13.3. The number of ether oxygens (including phenoxy) is 1. The number of hydrogen-bond acceptors (Lipinski definition) is 3. The van der Waals surface area contributed by atoms with Crippen LogP contribution in [0.3, 0.4) is 0 Å². The van der Waals surface area contributed by atoms with Crippen molar-refractivity contribution in [1.29, 1.82) is 0 Å². The van der Waals surface area contributed by atoms with Crippen LogP contribution >= 0.6 is 0 Å². The third kappa shape index (κ3) is 3.11. The first-order valence-electron chi connectivity index (χ1n) is 8.31. The summed E-state index contributed by atoms with van der Waals surface area (Å²) in [5.41, 5.74) is 1.05. The summed E-state index contributed by atoms with van der Waals surface area (Å²) in [4.78, 5) is 18.5. The van der Waals surface area contributed by atoms with Crippen molar-refractivity contribution in [3.8, 4) is 5.75 Å². The molecule has 1 aliphatic carbocycles. The number of carbonyl (C=O) groups excluding carboxylic acids is 1. The van der Waals surface area contributed by atoms with Crippen molar-refractivity contribution >= 4 is 5.91 Å². The second-order valence-corrected chi connectivity index (χ2v) is 6.50. The predicted octanol–water partition coefficient (Wildman–Crippen LogP) is 3.00. The number of likely N-dealkylation sites (tertiary alicyclic amines) is 1. The molecule has 124 valence electrons. The Morgan fingerprint density at radius 3 is 2.67 bits per heavy atom. The number of carbonyl (C=O) groups is 1. The number of aromatic nitrogens is 1. The van der Waals surface area contributed by atoms with Crippen LogP contribution < -0.4 is 4.74 Å². The third-order valence-corrected chi connectivity index (χ3v) is 4.81. The van der Waals surface area contributed by atoms with Crippen LogP contribution in [0.25, 0.3) is 0 Å². The standard InChI is InChI=1S/C19H19FN2O2/c20-14-3-1-13(2-4-14)17-11-18(17)19(23)22-10-7-16(12-22)24-15-5-8-21-9-6-15/h1-6,8-9,16-18H,7,10-12H2/t16-,17-,18+/m1/s1. The van der Waals surface area contributed by atoms with Gasteiger partial charge in [-0.2, -0.15) is 0 Å². The molecule has 2 aliphatic rings. The zero-order valence-corrected chi connectivity index (χ0v) is 13.3. The summed E-state index contributed by atoms with van der Waals surface area (Å²) in [6.07, 6.45) is 5.15. The summed E-state index contributed by atoms with van der Waals surface area (Å²) in [6, 6.07) is 10.2. The first-order chi connectivity index (χ1) is 11.7. The molecule has 2 fully saturated rings. The van der Waals surface area contributed by atoms with Gasteiger partial charge >= 0.3 is 0 Å². The molecule has 1 saturated carbocycles. The molecule has 4 nitrogen and oxygen atoms in total. The lowest BCUT2D eigenvalue weighted by atomic mass is 10.1. The van der Waals surface area contributed by atoms with Gasteiger partial charge in [-0.25, -0.2) is 4.39 Å². The minimum absolute atomic E-state index is 0.0372. The van der Waals surface area contributed by atoms with E-state index >= 15 is 0 Å². The van der Waals surface area contributed by atoms with E-state index in [1.807, 2.05) is 17.0 Å². The highest BCUT2D eigenvalue weighted by molar-refractivity contribution is 5.83. The predicted molar refractivity (Wildman–Crippen MR) is 87.1 cm³/mol. The highest BCUT2D eigenvalue weighted by Gasteiger charge is 2.46. The van der Waals surface area contributed by atoms with E-state index in [1.165, 1.54) is 12.1 Å². The monoisotopic (exact) mass is 326 g/mol. The van der Waals surface area contributed by atoms with Gasteiger partial charge in [0.25, 0.3) is 0 Å². The molecule has 3 atom stereocenters. The molecule has 1 aromatic heterocycles. The summed E-state index contributed by atoms with van der Waals surface area (Å²) in [6.45, 7) is 1.37. The average molecular weight is 326 g/mol. The van der Waals surface area contributed by atoms with E-state index in [0.29, 0.717) is 6.54 Å². The quantitative estimate of drug-likeness (QED) is 0.867. The van der Waals surface area contributed by atoms with Crippen LogP contribution in [0.5, 0.6) is 5.75 Å². The average Bonchev–Trinajstić information content (AvgIpc) is 3.27. The van der Waals surface area contributed by atoms with E-state index in [4.69, 9.17) is 4.74 Å². The van der Waals surface area contributed by atoms with Gasteiger partial charge in [0.1, 0.15) is 17.7 Å². The molecule has 0 radical (unpaired) electrons. The topological polar surface area (TPSA) is 42.4 Å². The van der Waals surface area contributed by atoms with Crippen molar-refractivity contribution in [1.82, 2.24) is 9.88 Å². The first kappa shape index (κ1) is 15.1. The molecule has 1 saturated heterocycles. The van der Waals surface area contributed by atoms with Gasteiger partial charge in [-0.15, -0.1) is 0 Å². The Morgan fingerprint density at radius 1 is 1.17 bits per heavy atom. The molecule has 4 rings (SSSR count). The SMILES string of the molecule is O=C([C@H]1C[C@@H]1c1ccc(F)cc1)N1CC[C@@H](Oc2ccncc2)C1. The fourth-order valence-electron chi connectivity index (χ4n) is 3.41. The molecule has 1 amide bonds. The second-order valence-electron chi connectivity index (χ2n) is 6.50. The number of amides is 1. The highest BCUT2D eigenvalue weighted by Crippen LogP contribution is 2.48. The number of rotatable bonds is 4. The van der Waals surface area contributed by atoms with Crippen molar-refractivity contribution in [3.63, 3.8) is 0 Å². The van der Waals surface area contributed by atoms with E-state index in [9.17, 15) is 9.18 Å². The maximum Gasteiger partial charge on any atom is 0.226 e. The summed E-state index contributed by atoms with van der Waals surface area (Å²) >= 11 is 0. The number of nitrogens with zero attached hydrogens (tertiary/aromatic N) is 2. The Balaban J connectivity index is 1.33. The lowest BCUT2D eigenvalue weighted by Gasteiger charge is -2.17. The van der Waals surface area contributed by atoms with Gasteiger partial charge in [-0.1, -0.05) is 12.1 Å². The van der Waals surface area contributed by atoms with Crippen LogP contribution in [0.15, 0.2) is 48.8 Å². The molecule has 0 bridgehead atoms. The van der Waals surface area contributed by atoms with Crippen LogP contribution in [-0.4, -0.2) is 35.0 Å². The van der Waals surface area contributed by atoms with E-state index in [0.717, 1.165) is 30.7 Å². The maximum absolute atomic E-state index is 13.0. The first-order valence-corrected chi connectivity index (χ1v) is 8.31. The lowest BCUT2D eigenvalue weighted by molar-refractivity contribution is -0.131.